The predicted molar refractivity (Wildman–Crippen MR) is 48.8 cm³/mol. The highest BCUT2D eigenvalue weighted by atomic mass is 35.5. The van der Waals surface area contributed by atoms with Gasteiger partial charge in [-0.05, 0) is 0 Å². The number of carboxylic acids is 1. The summed E-state index contributed by atoms with van der Waals surface area (Å²) in [5.74, 6) is -9.15. The number of rotatable bonds is 3. The van der Waals surface area contributed by atoms with E-state index in [1.54, 1.807) is 0 Å². The Balaban J connectivity index is 3.56. The number of pyridine rings is 1. The summed E-state index contributed by atoms with van der Waals surface area (Å²) >= 11 is 5.12. The molecule has 0 radical (unpaired) electrons. The van der Waals surface area contributed by atoms with Crippen LogP contribution in [0.15, 0.2) is 4.90 Å². The number of nitrogens with zero attached hydrogens (tertiary/aromatic N) is 1. The maximum Gasteiger partial charge on any atom is 0.319 e. The van der Waals surface area contributed by atoms with Crippen LogP contribution in [0.3, 0.4) is 0 Å². The molecule has 0 aliphatic heterocycles. The topological polar surface area (TPSA) is 84.3 Å². The molecule has 1 heterocycles. The molecule has 1 N–H and O–H groups in total. The van der Waals surface area contributed by atoms with E-state index in [1.165, 1.54) is 0 Å². The second-order valence-corrected chi connectivity index (χ2v) is 5.11. The predicted octanol–water partition coefficient (Wildman–Crippen LogP) is 1.01. The Labute approximate surface area is 97.8 Å². The molecule has 10 heteroatoms. The third-order valence-corrected chi connectivity index (χ3v) is 3.67. The van der Waals surface area contributed by atoms with E-state index in [2.05, 4.69) is 4.98 Å². The molecule has 0 spiro atoms. The van der Waals surface area contributed by atoms with Gasteiger partial charge in [0.15, 0.2) is 21.4 Å². The van der Waals surface area contributed by atoms with E-state index in [1.807, 2.05) is 0 Å². The zero-order chi connectivity index (χ0) is 13.4. The molecule has 17 heavy (non-hydrogen) atoms. The molecule has 5 nitrogen and oxygen atoms in total. The molecule has 0 fully saturated rings. The summed E-state index contributed by atoms with van der Waals surface area (Å²) in [7, 11) is -4.79. The Morgan fingerprint density at radius 3 is 2.29 bits per heavy atom. The number of carboxylic acid groups (broad SMARTS) is 1. The maximum atomic E-state index is 13.1. The molecule has 0 bridgehead atoms. The van der Waals surface area contributed by atoms with Crippen molar-refractivity contribution in [3.8, 4) is 0 Å². The van der Waals surface area contributed by atoms with E-state index in [4.69, 9.17) is 16.7 Å². The van der Waals surface area contributed by atoms with Gasteiger partial charge in [0.1, 0.15) is 9.92 Å². The Kier molecular flexibility index (Phi) is 3.62. The molecule has 1 aromatic heterocycles. The molecule has 1 aromatic rings. The van der Waals surface area contributed by atoms with E-state index >= 15 is 0 Å². The van der Waals surface area contributed by atoms with Crippen molar-refractivity contribution in [2.45, 2.75) is 4.90 Å². The first-order valence-corrected chi connectivity index (χ1v) is 5.84. The van der Waals surface area contributed by atoms with Crippen LogP contribution in [0.4, 0.5) is 13.2 Å². The van der Waals surface area contributed by atoms with E-state index < -0.39 is 49.2 Å². The molecule has 0 aliphatic rings. The fourth-order valence-corrected chi connectivity index (χ4v) is 2.64. The van der Waals surface area contributed by atoms with Gasteiger partial charge in [-0.25, -0.2) is 12.8 Å². The van der Waals surface area contributed by atoms with Crippen LogP contribution in [0.2, 0.25) is 5.02 Å². The fraction of sp³-hybridized carbons (Fsp3) is 0.143. The minimum Gasteiger partial charge on any atom is -0.480 e. The number of sulfone groups is 1. The van der Waals surface area contributed by atoms with E-state index in [0.29, 0.717) is 0 Å². The Morgan fingerprint density at radius 2 is 1.82 bits per heavy atom. The third kappa shape index (κ3) is 2.67. The third-order valence-electron chi connectivity index (χ3n) is 1.58. The highest BCUT2D eigenvalue weighted by molar-refractivity contribution is 7.92. The lowest BCUT2D eigenvalue weighted by Crippen LogP contribution is -2.18. The summed E-state index contributed by atoms with van der Waals surface area (Å²) in [6.45, 7) is 0. The van der Waals surface area contributed by atoms with E-state index in [-0.39, 0.29) is 0 Å². The number of halogens is 4. The van der Waals surface area contributed by atoms with Crippen LogP contribution in [0.1, 0.15) is 0 Å². The summed E-state index contributed by atoms with van der Waals surface area (Å²) in [4.78, 5) is 11.1. The van der Waals surface area contributed by atoms with Crippen LogP contribution in [-0.4, -0.2) is 30.2 Å². The zero-order valence-corrected chi connectivity index (χ0v) is 9.32. The van der Waals surface area contributed by atoms with Gasteiger partial charge in [0.2, 0.25) is 5.95 Å². The molecule has 0 aromatic carbocycles. The van der Waals surface area contributed by atoms with Gasteiger partial charge >= 0.3 is 5.97 Å². The number of aliphatic carboxylic acids is 1. The van der Waals surface area contributed by atoms with Crippen molar-refractivity contribution in [1.29, 1.82) is 0 Å². The molecule has 0 saturated heterocycles. The minimum atomic E-state index is -4.79. The largest absolute Gasteiger partial charge is 0.480 e. The van der Waals surface area contributed by atoms with Crippen molar-refractivity contribution < 1.29 is 31.5 Å². The Hall–Kier alpha value is -1.35. The highest BCUT2D eigenvalue weighted by Crippen LogP contribution is 2.28. The summed E-state index contributed by atoms with van der Waals surface area (Å²) in [5.41, 5.74) is 0. The smallest absolute Gasteiger partial charge is 0.319 e. The monoisotopic (exact) mass is 289 g/mol. The zero-order valence-electron chi connectivity index (χ0n) is 7.75. The van der Waals surface area contributed by atoms with Crippen molar-refractivity contribution >= 4 is 27.4 Å². The van der Waals surface area contributed by atoms with Gasteiger partial charge in [-0.2, -0.15) is 13.8 Å². The lowest BCUT2D eigenvalue weighted by molar-refractivity contribution is -0.134. The van der Waals surface area contributed by atoms with Gasteiger partial charge < -0.3 is 5.11 Å². The van der Waals surface area contributed by atoms with Gasteiger partial charge in [0.25, 0.3) is 5.95 Å². The molecule has 0 saturated carbocycles. The first kappa shape index (κ1) is 13.7. The van der Waals surface area contributed by atoms with Crippen LogP contribution in [0.5, 0.6) is 0 Å². The molecule has 0 amide bonds. The Morgan fingerprint density at radius 1 is 1.29 bits per heavy atom. The summed E-state index contributed by atoms with van der Waals surface area (Å²) in [5, 5.41) is 7.00. The molecule has 0 aliphatic carbocycles. The van der Waals surface area contributed by atoms with Crippen molar-refractivity contribution in [3.63, 3.8) is 0 Å². The quantitative estimate of drug-likeness (QED) is 0.840. The van der Waals surface area contributed by atoms with Gasteiger partial charge in [-0.1, -0.05) is 11.6 Å². The lowest BCUT2D eigenvalue weighted by Gasteiger charge is -2.06. The number of carbonyl (C=O) groups is 1. The number of hydrogen-bond donors (Lipinski definition) is 1. The normalized spacial score (nSPS) is 11.5. The lowest BCUT2D eigenvalue weighted by atomic mass is 10.4. The van der Waals surface area contributed by atoms with Crippen molar-refractivity contribution in [1.82, 2.24) is 4.98 Å². The fourth-order valence-electron chi connectivity index (χ4n) is 0.976. The van der Waals surface area contributed by atoms with Crippen molar-refractivity contribution in [2.24, 2.45) is 0 Å². The molecule has 94 valence electrons. The van der Waals surface area contributed by atoms with Crippen LogP contribution >= 0.6 is 11.6 Å². The average Bonchev–Trinajstić information content (AvgIpc) is 2.12. The Bertz CT molecular complexity index is 563. The van der Waals surface area contributed by atoms with Gasteiger partial charge in [-0.3, -0.25) is 4.79 Å². The van der Waals surface area contributed by atoms with Gasteiger partial charge in [0, 0.05) is 0 Å². The molecule has 1 rings (SSSR count). The second kappa shape index (κ2) is 4.49. The first-order chi connectivity index (χ1) is 7.66. The second-order valence-electron chi connectivity index (χ2n) is 2.80. The molecular weight excluding hydrogens is 287 g/mol. The average molecular weight is 290 g/mol. The SMILES string of the molecule is O=C(O)CS(=O)(=O)c1c(F)c(F)nc(F)c1Cl. The van der Waals surface area contributed by atoms with Gasteiger partial charge in [-0.15, -0.1) is 0 Å². The maximum absolute atomic E-state index is 13.1. The summed E-state index contributed by atoms with van der Waals surface area (Å²) < 4.78 is 61.3. The minimum absolute atomic E-state index is 1.29. The molecular formula is C7H3ClF3NO4S. The van der Waals surface area contributed by atoms with Crippen molar-refractivity contribution in [2.75, 3.05) is 5.75 Å². The standard InChI is InChI=1S/C7H3ClF3NO4S/c8-3-5(17(15,16)1-2(13)14)4(9)7(11)12-6(3)10/h1H2,(H,13,14). The van der Waals surface area contributed by atoms with Crippen LogP contribution in [0.25, 0.3) is 0 Å². The highest BCUT2D eigenvalue weighted by Gasteiger charge is 2.31. The van der Waals surface area contributed by atoms with Gasteiger partial charge in [0.05, 0.1) is 0 Å². The molecule has 0 unspecified atom stereocenters. The number of aromatic nitrogens is 1. The summed E-state index contributed by atoms with van der Waals surface area (Å²) in [6, 6.07) is 0. The summed E-state index contributed by atoms with van der Waals surface area (Å²) in [6.07, 6.45) is 0. The molecule has 0 atom stereocenters. The van der Waals surface area contributed by atoms with E-state index in [9.17, 15) is 26.4 Å². The number of hydrogen-bond acceptors (Lipinski definition) is 4. The van der Waals surface area contributed by atoms with Crippen LogP contribution in [-0.2, 0) is 14.6 Å². The first-order valence-electron chi connectivity index (χ1n) is 3.81. The van der Waals surface area contributed by atoms with Crippen LogP contribution < -0.4 is 0 Å². The van der Waals surface area contributed by atoms with Crippen molar-refractivity contribution in [3.05, 3.63) is 22.7 Å². The van der Waals surface area contributed by atoms with Crippen LogP contribution in [0, 0.1) is 17.7 Å². The van der Waals surface area contributed by atoms with E-state index in [0.717, 1.165) is 0 Å².